The van der Waals surface area contributed by atoms with Crippen LogP contribution >= 0.6 is 11.3 Å². The van der Waals surface area contributed by atoms with E-state index in [1.807, 2.05) is 36.4 Å². The third kappa shape index (κ3) is 6.07. The molecule has 1 aromatic heterocycles. The van der Waals surface area contributed by atoms with E-state index in [-0.39, 0.29) is 37.2 Å². The molecule has 10 heteroatoms. The van der Waals surface area contributed by atoms with Gasteiger partial charge in [-0.2, -0.15) is 0 Å². The number of ketones is 1. The van der Waals surface area contributed by atoms with Gasteiger partial charge in [0.25, 0.3) is 0 Å². The summed E-state index contributed by atoms with van der Waals surface area (Å²) in [6, 6.07) is 17.9. The molecule has 3 aromatic rings. The first kappa shape index (κ1) is 23.7. The third-order valence-electron chi connectivity index (χ3n) is 4.36. The fraction of sp³-hybridized carbons (Fsp3) is 0.227. The van der Waals surface area contributed by atoms with Gasteiger partial charge in [0.1, 0.15) is 4.88 Å². The van der Waals surface area contributed by atoms with Crippen LogP contribution in [0.5, 0.6) is 0 Å². The van der Waals surface area contributed by atoms with Crippen LogP contribution in [0.3, 0.4) is 0 Å². The number of aromatic nitrogens is 1. The van der Waals surface area contributed by atoms with Crippen LogP contribution in [-0.4, -0.2) is 51.7 Å². The molecule has 1 N–H and O–H groups in total. The van der Waals surface area contributed by atoms with Gasteiger partial charge in [-0.3, -0.25) is 18.1 Å². The number of rotatable bonds is 11. The van der Waals surface area contributed by atoms with E-state index in [2.05, 4.69) is 10.3 Å². The Kier molecular flexibility index (Phi) is 8.63. The molecule has 8 nitrogen and oxygen atoms in total. The van der Waals surface area contributed by atoms with Crippen LogP contribution in [0.25, 0.3) is 11.3 Å². The molecule has 1 atom stereocenters. The summed E-state index contributed by atoms with van der Waals surface area (Å²) in [4.78, 5) is 29.5. The zero-order valence-corrected chi connectivity index (χ0v) is 19.0. The second-order valence-electron chi connectivity index (χ2n) is 6.54. The maximum atomic E-state index is 13.2. The van der Waals surface area contributed by atoms with Gasteiger partial charge < -0.3 is 14.6 Å². The van der Waals surface area contributed by atoms with Crippen molar-refractivity contribution in [1.82, 2.24) is 10.3 Å². The first-order valence-electron chi connectivity index (χ1n) is 9.90. The zero-order chi connectivity index (χ0) is 22.9. The van der Waals surface area contributed by atoms with Gasteiger partial charge in [-0.05, 0) is 6.92 Å². The zero-order valence-electron chi connectivity index (χ0n) is 17.4. The van der Waals surface area contributed by atoms with Crippen molar-refractivity contribution in [3.63, 3.8) is 0 Å². The van der Waals surface area contributed by atoms with E-state index in [0.29, 0.717) is 21.7 Å². The van der Waals surface area contributed by atoms with Crippen molar-refractivity contribution in [3.05, 3.63) is 71.1 Å². The lowest BCUT2D eigenvalue weighted by atomic mass is 10.1. The standard InChI is InChI=1S/C22H23N3O5S2/c1-2-30-18(26)15-23-13-14-25(32(28)29)22-24-19(16-9-5-3-6-10-16)21(31-22)20(27)17-11-7-4-8-12-17/h3-12,23H,2,13-15H2,1H3,(H,28,29)/p-1. The summed E-state index contributed by atoms with van der Waals surface area (Å²) in [6.45, 7) is 2.20. The van der Waals surface area contributed by atoms with Crippen molar-refractivity contribution < 1.29 is 23.1 Å². The maximum Gasteiger partial charge on any atom is 0.319 e. The highest BCUT2D eigenvalue weighted by molar-refractivity contribution is 7.80. The first-order valence-corrected chi connectivity index (χ1v) is 11.7. The minimum atomic E-state index is -2.62. The molecule has 2 aromatic carbocycles. The Balaban J connectivity index is 1.88. The predicted octanol–water partition coefficient (Wildman–Crippen LogP) is 2.79. The molecular weight excluding hydrogens is 450 g/mol. The first-order chi connectivity index (χ1) is 15.5. The second-order valence-corrected chi connectivity index (χ2v) is 8.39. The molecule has 0 fully saturated rings. The number of carbonyl (C=O) groups excluding carboxylic acids is 2. The van der Waals surface area contributed by atoms with E-state index in [1.54, 1.807) is 31.2 Å². The van der Waals surface area contributed by atoms with Gasteiger partial charge in [-0.15, -0.1) is 0 Å². The van der Waals surface area contributed by atoms with Crippen molar-refractivity contribution in [1.29, 1.82) is 0 Å². The van der Waals surface area contributed by atoms with Crippen LogP contribution in [0.15, 0.2) is 60.7 Å². The lowest BCUT2D eigenvalue weighted by Crippen LogP contribution is -2.35. The molecule has 0 spiro atoms. The number of ether oxygens (including phenoxy) is 1. The van der Waals surface area contributed by atoms with Gasteiger partial charge in [0.05, 0.1) is 18.8 Å². The normalized spacial score (nSPS) is 11.7. The van der Waals surface area contributed by atoms with Crippen molar-refractivity contribution in [3.8, 4) is 11.3 Å². The largest absolute Gasteiger partial charge is 0.755 e. The Labute approximate surface area is 192 Å². The topological polar surface area (TPSA) is 112 Å². The summed E-state index contributed by atoms with van der Waals surface area (Å²) in [5.74, 6) is -0.649. The van der Waals surface area contributed by atoms with Crippen LogP contribution in [0.2, 0.25) is 0 Å². The Morgan fingerprint density at radius 2 is 1.78 bits per heavy atom. The molecule has 0 aliphatic rings. The molecule has 0 amide bonds. The van der Waals surface area contributed by atoms with Gasteiger partial charge in [-0.25, -0.2) is 4.98 Å². The minimum absolute atomic E-state index is 0.0297. The SMILES string of the molecule is CCOC(=O)CNCCN(c1nc(-c2ccccc2)c(C(=O)c2ccccc2)s1)S(=O)[O-]. The van der Waals surface area contributed by atoms with Gasteiger partial charge in [-0.1, -0.05) is 72.0 Å². The van der Waals surface area contributed by atoms with Crippen LogP contribution in [0, 0.1) is 0 Å². The van der Waals surface area contributed by atoms with Crippen molar-refractivity contribution in [2.75, 3.05) is 30.5 Å². The highest BCUT2D eigenvalue weighted by atomic mass is 32.2. The average molecular weight is 473 g/mol. The maximum absolute atomic E-state index is 13.2. The van der Waals surface area contributed by atoms with Crippen LogP contribution in [-0.2, 0) is 20.8 Å². The highest BCUT2D eigenvalue weighted by Crippen LogP contribution is 2.35. The molecule has 168 valence electrons. The van der Waals surface area contributed by atoms with Gasteiger partial charge in [0, 0.05) is 35.5 Å². The average Bonchev–Trinajstić information content (AvgIpc) is 3.24. The Morgan fingerprint density at radius 3 is 2.41 bits per heavy atom. The highest BCUT2D eigenvalue weighted by Gasteiger charge is 2.23. The van der Waals surface area contributed by atoms with Gasteiger partial charge >= 0.3 is 5.97 Å². The molecule has 0 bridgehead atoms. The van der Waals surface area contributed by atoms with E-state index in [0.717, 1.165) is 15.6 Å². The van der Waals surface area contributed by atoms with Crippen LogP contribution < -0.4 is 9.62 Å². The summed E-state index contributed by atoms with van der Waals surface area (Å²) >= 11 is -1.60. The number of carbonyl (C=O) groups is 2. The monoisotopic (exact) mass is 472 g/mol. The van der Waals surface area contributed by atoms with Crippen molar-refractivity contribution >= 4 is 39.5 Å². The number of hydrogen-bond donors (Lipinski definition) is 1. The van der Waals surface area contributed by atoms with Crippen LogP contribution in [0.1, 0.15) is 22.2 Å². The lowest BCUT2D eigenvalue weighted by Gasteiger charge is -2.23. The number of esters is 1. The number of nitrogens with zero attached hydrogens (tertiary/aromatic N) is 2. The van der Waals surface area contributed by atoms with Gasteiger partial charge in [0.2, 0.25) is 5.78 Å². The second kappa shape index (κ2) is 11.6. The molecule has 1 unspecified atom stereocenters. The molecule has 1 heterocycles. The molecule has 0 radical (unpaired) electrons. The summed E-state index contributed by atoms with van der Waals surface area (Å²) in [5.41, 5.74) is 1.63. The van der Waals surface area contributed by atoms with E-state index >= 15 is 0 Å². The third-order valence-corrected chi connectivity index (χ3v) is 6.27. The van der Waals surface area contributed by atoms with E-state index in [1.165, 1.54) is 0 Å². The lowest BCUT2D eigenvalue weighted by molar-refractivity contribution is -0.141. The number of nitrogens with one attached hydrogen (secondary N) is 1. The molecule has 32 heavy (non-hydrogen) atoms. The number of hydrogen-bond acceptors (Lipinski definition) is 8. The Morgan fingerprint density at radius 1 is 1.12 bits per heavy atom. The van der Waals surface area contributed by atoms with Gasteiger partial charge in [0.15, 0.2) is 5.13 Å². The Bertz CT molecular complexity index is 1070. The number of thiazole rings is 1. The van der Waals surface area contributed by atoms with E-state index in [9.17, 15) is 18.4 Å². The minimum Gasteiger partial charge on any atom is -0.755 e. The summed E-state index contributed by atoms with van der Waals surface area (Å²) in [7, 11) is 0. The smallest absolute Gasteiger partial charge is 0.319 e. The summed E-state index contributed by atoms with van der Waals surface area (Å²) < 4.78 is 29.7. The van der Waals surface area contributed by atoms with Crippen molar-refractivity contribution in [2.24, 2.45) is 0 Å². The van der Waals surface area contributed by atoms with Crippen LogP contribution in [0.4, 0.5) is 5.13 Å². The number of benzene rings is 2. The molecule has 0 saturated heterocycles. The predicted molar refractivity (Wildman–Crippen MR) is 123 cm³/mol. The number of anilines is 1. The molecular formula is C22H22N3O5S2-. The molecule has 0 aliphatic heterocycles. The fourth-order valence-corrected chi connectivity index (χ4v) is 4.59. The Hall–Kier alpha value is -2.92. The van der Waals surface area contributed by atoms with Crippen molar-refractivity contribution in [2.45, 2.75) is 6.92 Å². The van der Waals surface area contributed by atoms with E-state index < -0.39 is 17.2 Å². The summed E-state index contributed by atoms with van der Waals surface area (Å²) in [6.07, 6.45) is 0. The quantitative estimate of drug-likeness (QED) is 0.198. The molecule has 3 rings (SSSR count). The van der Waals surface area contributed by atoms with E-state index in [4.69, 9.17) is 4.74 Å². The molecule has 0 saturated carbocycles. The fourth-order valence-electron chi connectivity index (χ4n) is 2.90. The summed E-state index contributed by atoms with van der Waals surface area (Å²) in [5, 5.41) is 3.02. The molecule has 0 aliphatic carbocycles.